The van der Waals surface area contributed by atoms with Gasteiger partial charge in [-0.1, -0.05) is 85.6 Å². The molecule has 4 aromatic rings. The van der Waals surface area contributed by atoms with Crippen molar-refractivity contribution >= 4 is 0 Å². The van der Waals surface area contributed by atoms with Crippen molar-refractivity contribution in [1.82, 2.24) is 0 Å². The molecule has 1 aliphatic carbocycles. The molecule has 4 nitrogen and oxygen atoms in total. The largest absolute Gasteiger partial charge is 0.494 e. The molecule has 2 N–H and O–H groups in total. The molecule has 0 aliphatic heterocycles. The van der Waals surface area contributed by atoms with Crippen LogP contribution in [0.15, 0.2) is 97.1 Å². The number of benzene rings is 4. The first kappa shape index (κ1) is 28.9. The molecule has 214 valence electrons. The summed E-state index contributed by atoms with van der Waals surface area (Å²) in [4.78, 5) is 0. The lowest BCUT2D eigenvalue weighted by Gasteiger charge is -2.34. The minimum atomic E-state index is -0.446. The molecule has 0 heterocycles. The molecular formula is C37H42O4. The number of unbranched alkanes of at least 4 members (excludes halogenated alkanes) is 6. The number of fused-ring (bicyclic) bond motifs is 3. The first-order chi connectivity index (χ1) is 20.3. The summed E-state index contributed by atoms with van der Waals surface area (Å²) in [6, 6.07) is 34.8. The van der Waals surface area contributed by atoms with E-state index < -0.39 is 5.41 Å². The smallest absolute Gasteiger partial charge is 0.119 e. The molecule has 0 radical (unpaired) electrons. The minimum absolute atomic E-state index is 0.262. The maximum Gasteiger partial charge on any atom is 0.119 e. The molecule has 0 saturated heterocycles. The van der Waals surface area contributed by atoms with Crippen LogP contribution in [0.2, 0.25) is 0 Å². The van der Waals surface area contributed by atoms with Gasteiger partial charge in [0.2, 0.25) is 0 Å². The Bertz CT molecular complexity index is 1250. The Hall–Kier alpha value is -3.60. The third kappa shape index (κ3) is 6.34. The lowest BCUT2D eigenvalue weighted by Crippen LogP contribution is -2.28. The Morgan fingerprint density at radius 3 is 1.24 bits per heavy atom. The molecule has 0 aromatic heterocycles. The number of hydrogen-bond acceptors (Lipinski definition) is 4. The summed E-state index contributed by atoms with van der Waals surface area (Å²) in [6.45, 7) is 1.89. The Balaban J connectivity index is 1.43. The third-order valence-electron chi connectivity index (χ3n) is 8.17. The monoisotopic (exact) mass is 550 g/mol. The molecule has 0 fully saturated rings. The van der Waals surface area contributed by atoms with Crippen molar-refractivity contribution in [1.29, 1.82) is 0 Å². The maximum absolute atomic E-state index is 8.98. The quantitative estimate of drug-likeness (QED) is 0.123. The number of hydrogen-bond donors (Lipinski definition) is 2. The molecule has 0 bridgehead atoms. The Labute approximate surface area is 244 Å². The first-order valence-corrected chi connectivity index (χ1v) is 15.2. The standard InChI is InChI=1S/C37H42O4/c38-25-9-1-3-11-27-40-31-21-17-29(18-22-31)37(30-19-23-32(24-20-30)41-28-12-4-2-10-26-39)35-15-7-5-13-33(35)34-14-6-8-16-36(34)37/h5-8,13-24,38-39H,1-4,9-12,25-28H2. The lowest BCUT2D eigenvalue weighted by atomic mass is 9.68. The van der Waals surface area contributed by atoms with E-state index in [1.807, 2.05) is 0 Å². The van der Waals surface area contributed by atoms with E-state index in [1.54, 1.807) is 0 Å². The fourth-order valence-corrected chi connectivity index (χ4v) is 6.14. The van der Waals surface area contributed by atoms with E-state index in [-0.39, 0.29) is 13.2 Å². The van der Waals surface area contributed by atoms with Crippen molar-refractivity contribution in [3.05, 3.63) is 119 Å². The Kier molecular flexibility index (Phi) is 10.1. The Morgan fingerprint density at radius 1 is 0.439 bits per heavy atom. The topological polar surface area (TPSA) is 58.9 Å². The van der Waals surface area contributed by atoms with Crippen LogP contribution in [-0.4, -0.2) is 36.6 Å². The van der Waals surface area contributed by atoms with Crippen LogP contribution in [0.3, 0.4) is 0 Å². The summed E-state index contributed by atoms with van der Waals surface area (Å²) < 4.78 is 12.1. The molecule has 0 spiro atoms. The molecule has 5 rings (SSSR count). The average Bonchev–Trinajstić information content (AvgIpc) is 3.32. The van der Waals surface area contributed by atoms with Crippen LogP contribution >= 0.6 is 0 Å². The zero-order chi connectivity index (χ0) is 28.3. The molecule has 4 aromatic carbocycles. The van der Waals surface area contributed by atoms with Crippen molar-refractivity contribution in [2.24, 2.45) is 0 Å². The summed E-state index contributed by atoms with van der Waals surface area (Å²) >= 11 is 0. The van der Waals surface area contributed by atoms with Crippen molar-refractivity contribution in [2.75, 3.05) is 26.4 Å². The van der Waals surface area contributed by atoms with Crippen LogP contribution in [0.25, 0.3) is 11.1 Å². The fourth-order valence-electron chi connectivity index (χ4n) is 6.14. The van der Waals surface area contributed by atoms with E-state index in [0.717, 1.165) is 62.9 Å². The van der Waals surface area contributed by atoms with Gasteiger partial charge in [-0.15, -0.1) is 0 Å². The second-order valence-electron chi connectivity index (χ2n) is 10.9. The second-order valence-corrected chi connectivity index (χ2v) is 10.9. The van der Waals surface area contributed by atoms with Crippen LogP contribution < -0.4 is 9.47 Å². The lowest BCUT2D eigenvalue weighted by molar-refractivity contribution is 0.273. The second kappa shape index (κ2) is 14.3. The van der Waals surface area contributed by atoms with Gasteiger partial charge in [0.1, 0.15) is 11.5 Å². The van der Waals surface area contributed by atoms with Crippen LogP contribution in [0.5, 0.6) is 11.5 Å². The SMILES string of the molecule is OCCCCCCOc1ccc(C2(c3ccc(OCCCCCCO)cc3)c3ccccc3-c3ccccc32)cc1. The Morgan fingerprint density at radius 2 is 0.829 bits per heavy atom. The molecule has 0 unspecified atom stereocenters. The van der Waals surface area contributed by atoms with Gasteiger partial charge in [0, 0.05) is 13.2 Å². The predicted molar refractivity (Wildman–Crippen MR) is 166 cm³/mol. The van der Waals surface area contributed by atoms with Gasteiger partial charge < -0.3 is 19.7 Å². The van der Waals surface area contributed by atoms with Crippen molar-refractivity contribution in [3.63, 3.8) is 0 Å². The molecule has 0 atom stereocenters. The van der Waals surface area contributed by atoms with Gasteiger partial charge in [0.15, 0.2) is 0 Å². The summed E-state index contributed by atoms with van der Waals surface area (Å²) in [6.07, 6.45) is 7.91. The average molecular weight is 551 g/mol. The van der Waals surface area contributed by atoms with Crippen LogP contribution in [0.1, 0.15) is 73.6 Å². The van der Waals surface area contributed by atoms with Crippen LogP contribution in [-0.2, 0) is 5.41 Å². The highest BCUT2D eigenvalue weighted by molar-refractivity contribution is 5.86. The van der Waals surface area contributed by atoms with Gasteiger partial charge in [-0.2, -0.15) is 0 Å². The van der Waals surface area contributed by atoms with E-state index in [9.17, 15) is 0 Å². The molecular weight excluding hydrogens is 508 g/mol. The highest BCUT2D eigenvalue weighted by atomic mass is 16.5. The van der Waals surface area contributed by atoms with Crippen LogP contribution in [0, 0.1) is 0 Å². The van der Waals surface area contributed by atoms with Crippen molar-refractivity contribution < 1.29 is 19.7 Å². The van der Waals surface area contributed by atoms with E-state index in [0.29, 0.717) is 13.2 Å². The number of rotatable bonds is 16. The maximum atomic E-state index is 8.98. The van der Waals surface area contributed by atoms with Crippen molar-refractivity contribution in [2.45, 2.75) is 56.8 Å². The zero-order valence-electron chi connectivity index (χ0n) is 23.9. The molecule has 4 heteroatoms. The predicted octanol–water partition coefficient (Wildman–Crippen LogP) is 7.91. The third-order valence-corrected chi connectivity index (χ3v) is 8.17. The van der Waals surface area contributed by atoms with Gasteiger partial charge in [-0.05, 0) is 96.2 Å². The first-order valence-electron chi connectivity index (χ1n) is 15.2. The number of aliphatic hydroxyl groups is 2. The zero-order valence-corrected chi connectivity index (χ0v) is 23.9. The molecule has 1 aliphatic rings. The van der Waals surface area contributed by atoms with E-state index >= 15 is 0 Å². The number of aliphatic hydroxyl groups excluding tert-OH is 2. The fraction of sp³-hybridized carbons (Fsp3) is 0.351. The minimum Gasteiger partial charge on any atom is -0.494 e. The van der Waals surface area contributed by atoms with Crippen LogP contribution in [0.4, 0.5) is 0 Å². The van der Waals surface area contributed by atoms with Gasteiger partial charge >= 0.3 is 0 Å². The highest BCUT2D eigenvalue weighted by Gasteiger charge is 2.45. The van der Waals surface area contributed by atoms with E-state index in [4.69, 9.17) is 19.7 Å². The summed E-state index contributed by atoms with van der Waals surface area (Å²) in [5.41, 5.74) is 7.10. The van der Waals surface area contributed by atoms with E-state index in [1.165, 1.54) is 33.4 Å². The van der Waals surface area contributed by atoms with E-state index in [2.05, 4.69) is 97.1 Å². The van der Waals surface area contributed by atoms with Gasteiger partial charge in [-0.3, -0.25) is 0 Å². The molecule has 0 saturated carbocycles. The van der Waals surface area contributed by atoms with Crippen molar-refractivity contribution in [3.8, 4) is 22.6 Å². The summed E-state index contributed by atoms with van der Waals surface area (Å²) in [5, 5.41) is 18.0. The molecule has 0 amide bonds. The normalized spacial score (nSPS) is 13.0. The highest BCUT2D eigenvalue weighted by Crippen LogP contribution is 2.56. The van der Waals surface area contributed by atoms with Gasteiger partial charge in [-0.25, -0.2) is 0 Å². The summed E-state index contributed by atoms with van der Waals surface area (Å²) in [7, 11) is 0. The number of ether oxygens (including phenoxy) is 2. The molecule has 41 heavy (non-hydrogen) atoms. The van der Waals surface area contributed by atoms with Gasteiger partial charge in [0.05, 0.1) is 18.6 Å². The summed E-state index contributed by atoms with van der Waals surface area (Å²) in [5.74, 6) is 1.77. The van der Waals surface area contributed by atoms with Gasteiger partial charge in [0.25, 0.3) is 0 Å².